The van der Waals surface area contributed by atoms with Gasteiger partial charge in [-0.3, -0.25) is 14.4 Å². The van der Waals surface area contributed by atoms with Gasteiger partial charge in [-0.2, -0.15) is 5.26 Å². The van der Waals surface area contributed by atoms with Crippen molar-refractivity contribution in [2.24, 2.45) is 4.99 Å². The van der Waals surface area contributed by atoms with Gasteiger partial charge in [-0.1, -0.05) is 42.5 Å². The van der Waals surface area contributed by atoms with Crippen molar-refractivity contribution in [1.29, 1.82) is 5.26 Å². The first-order valence-electron chi connectivity index (χ1n) is 8.81. The normalized spacial score (nSPS) is 15.2. The molecule has 1 heterocycles. The minimum atomic E-state index is -0.447. The number of halogens is 2. The molecule has 0 atom stereocenters. The molecule has 0 amide bonds. The van der Waals surface area contributed by atoms with Gasteiger partial charge in [0.15, 0.2) is 0 Å². The standard InChI is InChI=1S/C20H19Cl2N3O2/c1-12-15(10-23)19(26)25(14-5-3-2-4-6-14)20(27)16(12)11-24-18-9-13(21)7-8-17(18)22/h7-9,11,14,27H,2-6H2,1H3. The Morgan fingerprint density at radius 2 is 2.00 bits per heavy atom. The van der Waals surface area contributed by atoms with Crippen LogP contribution in [0.5, 0.6) is 5.88 Å². The summed E-state index contributed by atoms with van der Waals surface area (Å²) in [4.78, 5) is 17.1. The fourth-order valence-corrected chi connectivity index (χ4v) is 3.82. The van der Waals surface area contributed by atoms with Crippen LogP contribution in [-0.2, 0) is 0 Å². The van der Waals surface area contributed by atoms with Crippen LogP contribution < -0.4 is 5.56 Å². The van der Waals surface area contributed by atoms with Crippen LogP contribution in [0.4, 0.5) is 5.69 Å². The van der Waals surface area contributed by atoms with Gasteiger partial charge in [0, 0.05) is 17.3 Å². The third-order valence-electron chi connectivity index (χ3n) is 4.97. The molecule has 1 aliphatic rings. The quantitative estimate of drug-likeness (QED) is 0.706. The molecule has 2 aromatic rings. The molecule has 1 saturated carbocycles. The molecule has 0 spiro atoms. The zero-order chi connectivity index (χ0) is 19.6. The SMILES string of the molecule is Cc1c(C=Nc2cc(Cl)ccc2Cl)c(O)n(C2CCCCC2)c(=O)c1C#N. The summed E-state index contributed by atoms with van der Waals surface area (Å²) in [7, 11) is 0. The highest BCUT2D eigenvalue weighted by Crippen LogP contribution is 2.33. The lowest BCUT2D eigenvalue weighted by molar-refractivity contribution is 0.303. The number of aromatic nitrogens is 1. The lowest BCUT2D eigenvalue weighted by atomic mass is 9.94. The predicted octanol–water partition coefficient (Wildman–Crippen LogP) is 5.30. The summed E-state index contributed by atoms with van der Waals surface area (Å²) >= 11 is 12.1. The van der Waals surface area contributed by atoms with E-state index in [2.05, 4.69) is 4.99 Å². The summed E-state index contributed by atoms with van der Waals surface area (Å²) in [5.74, 6) is -0.162. The van der Waals surface area contributed by atoms with E-state index in [0.717, 1.165) is 32.1 Å². The van der Waals surface area contributed by atoms with Crippen molar-refractivity contribution in [2.45, 2.75) is 45.1 Å². The van der Waals surface area contributed by atoms with Crippen LogP contribution >= 0.6 is 23.2 Å². The minimum Gasteiger partial charge on any atom is -0.494 e. The molecule has 140 valence electrons. The van der Waals surface area contributed by atoms with Crippen LogP contribution in [-0.4, -0.2) is 15.9 Å². The Morgan fingerprint density at radius 3 is 2.67 bits per heavy atom. The summed E-state index contributed by atoms with van der Waals surface area (Å²) in [6.45, 7) is 1.63. The summed E-state index contributed by atoms with van der Waals surface area (Å²) in [5.41, 5.74) is 0.757. The zero-order valence-electron chi connectivity index (χ0n) is 14.9. The van der Waals surface area contributed by atoms with Crippen molar-refractivity contribution in [1.82, 2.24) is 4.57 Å². The number of rotatable bonds is 3. The summed E-state index contributed by atoms with van der Waals surface area (Å²) in [6, 6.07) is 6.76. The highest BCUT2D eigenvalue weighted by Gasteiger charge is 2.24. The van der Waals surface area contributed by atoms with Crippen LogP contribution in [0.1, 0.15) is 54.8 Å². The molecule has 1 N–H and O–H groups in total. The predicted molar refractivity (Wildman–Crippen MR) is 108 cm³/mol. The van der Waals surface area contributed by atoms with Gasteiger partial charge in [0.25, 0.3) is 5.56 Å². The van der Waals surface area contributed by atoms with Gasteiger partial charge in [0.05, 0.1) is 16.3 Å². The molecule has 0 aliphatic heterocycles. The largest absolute Gasteiger partial charge is 0.494 e. The maximum absolute atomic E-state index is 12.8. The number of aromatic hydroxyl groups is 1. The van der Waals surface area contributed by atoms with E-state index < -0.39 is 5.56 Å². The van der Waals surface area contributed by atoms with Crippen molar-refractivity contribution in [3.8, 4) is 11.9 Å². The van der Waals surface area contributed by atoms with E-state index in [-0.39, 0.29) is 17.5 Å². The first kappa shape index (κ1) is 19.5. The van der Waals surface area contributed by atoms with E-state index in [1.807, 2.05) is 6.07 Å². The second-order valence-electron chi connectivity index (χ2n) is 6.67. The maximum atomic E-state index is 12.8. The van der Waals surface area contributed by atoms with Gasteiger partial charge in [-0.25, -0.2) is 0 Å². The molecular weight excluding hydrogens is 385 g/mol. The van der Waals surface area contributed by atoms with Gasteiger partial charge < -0.3 is 5.11 Å². The van der Waals surface area contributed by atoms with Crippen LogP contribution in [0.2, 0.25) is 10.0 Å². The lowest BCUT2D eigenvalue weighted by Crippen LogP contribution is -2.30. The van der Waals surface area contributed by atoms with E-state index in [9.17, 15) is 15.2 Å². The fourth-order valence-electron chi connectivity index (χ4n) is 3.49. The van der Waals surface area contributed by atoms with Crippen LogP contribution in [0.25, 0.3) is 0 Å². The Bertz CT molecular complexity index is 1000. The molecule has 0 unspecified atom stereocenters. The van der Waals surface area contributed by atoms with E-state index in [1.165, 1.54) is 10.8 Å². The first-order chi connectivity index (χ1) is 12.9. The molecule has 7 heteroatoms. The smallest absolute Gasteiger partial charge is 0.271 e. The summed E-state index contributed by atoms with van der Waals surface area (Å²) < 4.78 is 1.35. The van der Waals surface area contributed by atoms with Gasteiger partial charge in [-0.05, 0) is 43.5 Å². The number of nitriles is 1. The number of aliphatic imine (C=N–C) groups is 1. The molecule has 0 bridgehead atoms. The van der Waals surface area contributed by atoms with E-state index in [4.69, 9.17) is 23.2 Å². The van der Waals surface area contributed by atoms with Crippen molar-refractivity contribution < 1.29 is 5.11 Å². The van der Waals surface area contributed by atoms with Crippen LogP contribution in [0.3, 0.4) is 0 Å². The average molecular weight is 404 g/mol. The Morgan fingerprint density at radius 1 is 1.30 bits per heavy atom. The van der Waals surface area contributed by atoms with Gasteiger partial charge in [0.2, 0.25) is 5.88 Å². The van der Waals surface area contributed by atoms with Crippen molar-refractivity contribution in [3.63, 3.8) is 0 Å². The molecule has 5 nitrogen and oxygen atoms in total. The van der Waals surface area contributed by atoms with E-state index in [1.54, 1.807) is 25.1 Å². The number of nitrogens with zero attached hydrogens (tertiary/aromatic N) is 3. The van der Waals surface area contributed by atoms with E-state index in [0.29, 0.717) is 26.9 Å². The molecule has 1 aromatic heterocycles. The van der Waals surface area contributed by atoms with Crippen molar-refractivity contribution in [3.05, 3.63) is 55.3 Å². The number of hydrogen-bond acceptors (Lipinski definition) is 4. The molecule has 1 aromatic carbocycles. The Labute approximate surface area is 167 Å². The van der Waals surface area contributed by atoms with Crippen LogP contribution in [0.15, 0.2) is 28.0 Å². The molecule has 3 rings (SSSR count). The molecule has 27 heavy (non-hydrogen) atoms. The Hall–Kier alpha value is -2.29. The summed E-state index contributed by atoms with van der Waals surface area (Å²) in [6.07, 6.45) is 6.14. The number of benzene rings is 1. The molecule has 1 fully saturated rings. The zero-order valence-corrected chi connectivity index (χ0v) is 16.4. The number of pyridine rings is 1. The molecule has 1 aliphatic carbocycles. The Balaban J connectivity index is 2.14. The second-order valence-corrected chi connectivity index (χ2v) is 7.51. The fraction of sp³-hybridized carbons (Fsp3) is 0.350. The Kier molecular flexibility index (Phi) is 5.88. The highest BCUT2D eigenvalue weighted by molar-refractivity contribution is 6.35. The topological polar surface area (TPSA) is 78.4 Å². The molecule has 0 saturated heterocycles. The second kappa shape index (κ2) is 8.16. The third kappa shape index (κ3) is 3.87. The average Bonchev–Trinajstić information content (AvgIpc) is 2.65. The van der Waals surface area contributed by atoms with E-state index >= 15 is 0 Å². The van der Waals surface area contributed by atoms with Crippen molar-refractivity contribution >= 4 is 35.1 Å². The highest BCUT2D eigenvalue weighted by atomic mass is 35.5. The van der Waals surface area contributed by atoms with Gasteiger partial charge in [-0.15, -0.1) is 0 Å². The minimum absolute atomic E-state index is 0.0250. The molecule has 0 radical (unpaired) electrons. The van der Waals surface area contributed by atoms with Crippen molar-refractivity contribution in [2.75, 3.05) is 0 Å². The van der Waals surface area contributed by atoms with Gasteiger partial charge >= 0.3 is 0 Å². The van der Waals surface area contributed by atoms with Gasteiger partial charge in [0.1, 0.15) is 11.6 Å². The first-order valence-corrected chi connectivity index (χ1v) is 9.57. The lowest BCUT2D eigenvalue weighted by Gasteiger charge is -2.26. The maximum Gasteiger partial charge on any atom is 0.271 e. The molecular formula is C20H19Cl2N3O2. The van der Waals surface area contributed by atoms with Crippen LogP contribution in [0, 0.1) is 18.3 Å². The number of hydrogen-bond donors (Lipinski definition) is 1. The summed E-state index contributed by atoms with van der Waals surface area (Å²) in [5, 5.41) is 21.2. The third-order valence-corrected chi connectivity index (χ3v) is 5.53. The monoisotopic (exact) mass is 403 g/mol.